The van der Waals surface area contributed by atoms with Gasteiger partial charge in [0.05, 0.1) is 12.3 Å². The molecule has 1 saturated heterocycles. The third-order valence-corrected chi connectivity index (χ3v) is 5.45. The molecule has 2 amide bonds. The number of rotatable bonds is 6. The summed E-state index contributed by atoms with van der Waals surface area (Å²) >= 11 is 1.71. The lowest BCUT2D eigenvalue weighted by Gasteiger charge is -2.37. The average molecular weight is 361 g/mol. The summed E-state index contributed by atoms with van der Waals surface area (Å²) in [5, 5.41) is 5.05. The average Bonchev–Trinajstić information content (AvgIpc) is 3.34. The second-order valence-corrected chi connectivity index (χ2v) is 7.13. The highest BCUT2D eigenvalue weighted by molar-refractivity contribution is 7.09. The number of piperazine rings is 1. The van der Waals surface area contributed by atoms with Crippen LogP contribution in [0.25, 0.3) is 0 Å². The molecule has 0 saturated carbocycles. The molecule has 0 bridgehead atoms. The fourth-order valence-corrected chi connectivity index (χ4v) is 3.65. The predicted molar refractivity (Wildman–Crippen MR) is 96.7 cm³/mol. The van der Waals surface area contributed by atoms with Crippen LogP contribution in [0.5, 0.6) is 0 Å². The number of amides is 2. The lowest BCUT2D eigenvalue weighted by atomic mass is 10.2. The Labute approximate surface area is 151 Å². The number of hydrogen-bond acceptors (Lipinski definition) is 5. The quantitative estimate of drug-likeness (QED) is 0.853. The molecule has 0 aromatic carbocycles. The summed E-state index contributed by atoms with van der Waals surface area (Å²) in [4.78, 5) is 29.8. The van der Waals surface area contributed by atoms with Crippen LogP contribution in [0.4, 0.5) is 0 Å². The van der Waals surface area contributed by atoms with E-state index in [1.807, 2.05) is 18.4 Å². The first-order valence-corrected chi connectivity index (χ1v) is 9.40. The van der Waals surface area contributed by atoms with Gasteiger partial charge in [0.15, 0.2) is 5.76 Å². The van der Waals surface area contributed by atoms with E-state index in [0.29, 0.717) is 38.5 Å². The molecule has 1 atom stereocenters. The Hall–Kier alpha value is -2.12. The number of carbonyl (C=O) groups is 2. The molecule has 0 unspecified atom stereocenters. The fourth-order valence-electron chi connectivity index (χ4n) is 2.95. The summed E-state index contributed by atoms with van der Waals surface area (Å²) in [6.45, 7) is 5.15. The molecule has 0 aliphatic carbocycles. The molecule has 134 valence electrons. The normalized spacial score (nSPS) is 16.6. The van der Waals surface area contributed by atoms with Gasteiger partial charge in [-0.05, 0) is 36.9 Å². The molecule has 2 aromatic heterocycles. The third-order valence-electron chi connectivity index (χ3n) is 4.51. The van der Waals surface area contributed by atoms with Gasteiger partial charge in [-0.3, -0.25) is 14.5 Å². The standard InChI is InChI=1S/C18H23N3O3S/c1-14(17(22)19-7-6-15-4-3-13-25-15)20-8-10-21(11-9-20)18(23)16-5-2-12-24-16/h2-5,12-14H,6-11H2,1H3,(H,19,22)/t14-/m0/s1. The summed E-state index contributed by atoms with van der Waals surface area (Å²) < 4.78 is 5.17. The van der Waals surface area contributed by atoms with Gasteiger partial charge in [0.1, 0.15) is 0 Å². The van der Waals surface area contributed by atoms with Gasteiger partial charge in [0.25, 0.3) is 5.91 Å². The van der Waals surface area contributed by atoms with Crippen LogP contribution in [0.2, 0.25) is 0 Å². The van der Waals surface area contributed by atoms with Crippen LogP contribution in [0.15, 0.2) is 40.3 Å². The number of thiophene rings is 1. The van der Waals surface area contributed by atoms with Crippen molar-refractivity contribution in [2.75, 3.05) is 32.7 Å². The van der Waals surface area contributed by atoms with Crippen molar-refractivity contribution in [3.63, 3.8) is 0 Å². The molecule has 2 aromatic rings. The Balaban J connectivity index is 1.42. The SMILES string of the molecule is C[C@@H](C(=O)NCCc1cccs1)N1CCN(C(=O)c2ccco2)CC1. The minimum atomic E-state index is -0.191. The number of furan rings is 1. The van der Waals surface area contributed by atoms with E-state index in [1.165, 1.54) is 11.1 Å². The zero-order valence-corrected chi connectivity index (χ0v) is 15.1. The number of nitrogens with one attached hydrogen (secondary N) is 1. The molecule has 25 heavy (non-hydrogen) atoms. The highest BCUT2D eigenvalue weighted by atomic mass is 32.1. The van der Waals surface area contributed by atoms with Gasteiger partial charge in [-0.15, -0.1) is 11.3 Å². The van der Waals surface area contributed by atoms with Gasteiger partial charge in [0.2, 0.25) is 5.91 Å². The van der Waals surface area contributed by atoms with E-state index in [9.17, 15) is 9.59 Å². The van der Waals surface area contributed by atoms with Crippen molar-refractivity contribution in [3.05, 3.63) is 46.5 Å². The molecule has 1 N–H and O–H groups in total. The molecule has 0 radical (unpaired) electrons. The maximum atomic E-state index is 12.3. The smallest absolute Gasteiger partial charge is 0.289 e. The van der Waals surface area contributed by atoms with Crippen molar-refractivity contribution in [2.45, 2.75) is 19.4 Å². The maximum absolute atomic E-state index is 12.3. The second-order valence-electron chi connectivity index (χ2n) is 6.10. The van der Waals surface area contributed by atoms with Crippen molar-refractivity contribution in [1.82, 2.24) is 15.1 Å². The number of nitrogens with zero attached hydrogens (tertiary/aromatic N) is 2. The monoisotopic (exact) mass is 361 g/mol. The molecule has 7 heteroatoms. The summed E-state index contributed by atoms with van der Waals surface area (Å²) in [6.07, 6.45) is 2.37. The van der Waals surface area contributed by atoms with E-state index in [1.54, 1.807) is 28.4 Å². The summed E-state index contributed by atoms with van der Waals surface area (Å²) in [5.74, 6) is 0.327. The zero-order valence-electron chi connectivity index (χ0n) is 14.3. The molecule has 1 aliphatic heterocycles. The molecule has 6 nitrogen and oxygen atoms in total. The minimum Gasteiger partial charge on any atom is -0.459 e. The van der Waals surface area contributed by atoms with Gasteiger partial charge in [-0.25, -0.2) is 0 Å². The highest BCUT2D eigenvalue weighted by Gasteiger charge is 2.28. The summed E-state index contributed by atoms with van der Waals surface area (Å²) in [5.41, 5.74) is 0. The van der Waals surface area contributed by atoms with E-state index < -0.39 is 0 Å². The van der Waals surface area contributed by atoms with Crippen LogP contribution >= 0.6 is 11.3 Å². The van der Waals surface area contributed by atoms with Gasteiger partial charge in [0, 0.05) is 37.6 Å². The first-order valence-electron chi connectivity index (χ1n) is 8.52. The van der Waals surface area contributed by atoms with Crippen LogP contribution in [0.3, 0.4) is 0 Å². The zero-order chi connectivity index (χ0) is 17.6. The summed E-state index contributed by atoms with van der Waals surface area (Å²) in [6, 6.07) is 7.30. The fraction of sp³-hybridized carbons (Fsp3) is 0.444. The molecular weight excluding hydrogens is 338 g/mol. The lowest BCUT2D eigenvalue weighted by molar-refractivity contribution is -0.126. The van der Waals surface area contributed by atoms with E-state index in [4.69, 9.17) is 4.42 Å². The first kappa shape index (κ1) is 17.7. The number of carbonyl (C=O) groups excluding carboxylic acids is 2. The van der Waals surface area contributed by atoms with Crippen molar-refractivity contribution in [3.8, 4) is 0 Å². The Morgan fingerprint density at radius 3 is 2.68 bits per heavy atom. The summed E-state index contributed by atoms with van der Waals surface area (Å²) in [7, 11) is 0. The van der Waals surface area contributed by atoms with E-state index in [-0.39, 0.29) is 17.9 Å². The van der Waals surface area contributed by atoms with Crippen LogP contribution in [-0.2, 0) is 11.2 Å². The van der Waals surface area contributed by atoms with Crippen LogP contribution in [0, 0.1) is 0 Å². The lowest BCUT2D eigenvalue weighted by Crippen LogP contribution is -2.55. The Morgan fingerprint density at radius 1 is 1.24 bits per heavy atom. The van der Waals surface area contributed by atoms with Crippen molar-refractivity contribution in [2.24, 2.45) is 0 Å². The van der Waals surface area contributed by atoms with Crippen molar-refractivity contribution >= 4 is 23.2 Å². The molecule has 0 spiro atoms. The molecule has 3 heterocycles. The van der Waals surface area contributed by atoms with Gasteiger partial charge in [-0.2, -0.15) is 0 Å². The number of hydrogen-bond donors (Lipinski definition) is 1. The topological polar surface area (TPSA) is 65.8 Å². The van der Waals surface area contributed by atoms with Crippen LogP contribution < -0.4 is 5.32 Å². The first-order chi connectivity index (χ1) is 12.1. The third kappa shape index (κ3) is 4.49. The van der Waals surface area contributed by atoms with Crippen molar-refractivity contribution < 1.29 is 14.0 Å². The Kier molecular flexibility index (Phi) is 5.88. The molecule has 3 rings (SSSR count). The van der Waals surface area contributed by atoms with Gasteiger partial charge >= 0.3 is 0 Å². The van der Waals surface area contributed by atoms with E-state index in [2.05, 4.69) is 16.3 Å². The Morgan fingerprint density at radius 2 is 2.04 bits per heavy atom. The van der Waals surface area contributed by atoms with E-state index in [0.717, 1.165) is 6.42 Å². The van der Waals surface area contributed by atoms with Gasteiger partial charge < -0.3 is 14.6 Å². The van der Waals surface area contributed by atoms with E-state index >= 15 is 0 Å². The van der Waals surface area contributed by atoms with Crippen LogP contribution in [-0.4, -0.2) is 60.4 Å². The second kappa shape index (κ2) is 8.31. The molecular formula is C18H23N3O3S. The minimum absolute atomic E-state index is 0.0439. The Bertz CT molecular complexity index is 677. The molecule has 1 aliphatic rings. The van der Waals surface area contributed by atoms with Gasteiger partial charge in [-0.1, -0.05) is 6.07 Å². The van der Waals surface area contributed by atoms with Crippen molar-refractivity contribution in [1.29, 1.82) is 0 Å². The highest BCUT2D eigenvalue weighted by Crippen LogP contribution is 2.12. The predicted octanol–water partition coefficient (Wildman–Crippen LogP) is 1.85. The van der Waals surface area contributed by atoms with Crippen LogP contribution in [0.1, 0.15) is 22.4 Å². The maximum Gasteiger partial charge on any atom is 0.289 e. The largest absolute Gasteiger partial charge is 0.459 e. The molecule has 1 fully saturated rings.